The van der Waals surface area contributed by atoms with Gasteiger partial charge in [0.25, 0.3) is 5.91 Å². The van der Waals surface area contributed by atoms with Crippen molar-refractivity contribution >= 4 is 11.8 Å². The molecule has 0 aromatic heterocycles. The molecule has 0 heterocycles. The maximum atomic E-state index is 12.8. The normalized spacial score (nSPS) is 11.7. The van der Waals surface area contributed by atoms with Gasteiger partial charge in [-0.3, -0.25) is 9.59 Å². The van der Waals surface area contributed by atoms with Crippen LogP contribution in [-0.4, -0.2) is 38.6 Å². The highest BCUT2D eigenvalue weighted by Crippen LogP contribution is 2.27. The topological polar surface area (TPSA) is 76.7 Å². The Hall–Kier alpha value is -3.02. The van der Waals surface area contributed by atoms with E-state index < -0.39 is 6.04 Å². The second kappa shape index (κ2) is 13.5. The molecular weight excluding hydrogens is 416 g/mol. The Labute approximate surface area is 198 Å². The lowest BCUT2D eigenvalue weighted by atomic mass is 10.0. The minimum atomic E-state index is -0.605. The summed E-state index contributed by atoms with van der Waals surface area (Å²) in [5, 5.41) is 5.85. The molecule has 6 heteroatoms. The summed E-state index contributed by atoms with van der Waals surface area (Å²) in [7, 11) is 3.19. The number of benzene rings is 2. The molecule has 33 heavy (non-hydrogen) atoms. The summed E-state index contributed by atoms with van der Waals surface area (Å²) >= 11 is 0. The minimum Gasteiger partial charge on any atom is -0.493 e. The lowest BCUT2D eigenvalue weighted by Gasteiger charge is -2.22. The van der Waals surface area contributed by atoms with E-state index in [-0.39, 0.29) is 17.7 Å². The number of carbonyl (C=O) groups excluding carboxylic acids is 2. The Bertz CT molecular complexity index is 893. The van der Waals surface area contributed by atoms with Crippen LogP contribution in [0.3, 0.4) is 0 Å². The van der Waals surface area contributed by atoms with Gasteiger partial charge in [0, 0.05) is 12.1 Å². The average molecular weight is 455 g/mol. The van der Waals surface area contributed by atoms with Crippen molar-refractivity contribution in [3.63, 3.8) is 0 Å². The highest BCUT2D eigenvalue weighted by molar-refractivity contribution is 5.97. The average Bonchev–Trinajstić information content (AvgIpc) is 2.82. The molecule has 1 unspecified atom stereocenters. The Morgan fingerprint density at radius 2 is 1.55 bits per heavy atom. The number of unbranched alkanes of at least 4 members (excludes halogenated alkanes) is 2. The van der Waals surface area contributed by atoms with Gasteiger partial charge in [-0.2, -0.15) is 0 Å². The first-order chi connectivity index (χ1) is 15.9. The van der Waals surface area contributed by atoms with Crippen molar-refractivity contribution in [2.24, 2.45) is 5.92 Å². The molecule has 2 amide bonds. The zero-order valence-electron chi connectivity index (χ0n) is 20.6. The third-order valence-electron chi connectivity index (χ3n) is 5.68. The standard InChI is InChI=1S/C27H38N2O4/c1-6-7-8-9-20-10-13-22(14-11-20)26(30)29-25(19(2)3)27(31)28-17-16-21-12-15-23(32-4)24(18-21)33-5/h10-15,18-19,25H,6-9,16-17H2,1-5H3,(H,28,31)(H,29,30). The molecule has 180 valence electrons. The van der Waals surface area contributed by atoms with Crippen LogP contribution in [-0.2, 0) is 17.6 Å². The van der Waals surface area contributed by atoms with Crippen molar-refractivity contribution in [1.82, 2.24) is 10.6 Å². The Morgan fingerprint density at radius 3 is 2.15 bits per heavy atom. The maximum Gasteiger partial charge on any atom is 0.251 e. The minimum absolute atomic E-state index is 0.0386. The van der Waals surface area contributed by atoms with Gasteiger partial charge in [-0.25, -0.2) is 0 Å². The van der Waals surface area contributed by atoms with E-state index in [1.54, 1.807) is 14.2 Å². The van der Waals surface area contributed by atoms with Gasteiger partial charge in [-0.05, 0) is 60.6 Å². The third-order valence-corrected chi connectivity index (χ3v) is 5.68. The van der Waals surface area contributed by atoms with E-state index in [4.69, 9.17) is 9.47 Å². The molecule has 2 rings (SSSR count). The van der Waals surface area contributed by atoms with Crippen LogP contribution in [0.5, 0.6) is 11.5 Å². The first-order valence-electron chi connectivity index (χ1n) is 11.8. The fourth-order valence-corrected chi connectivity index (χ4v) is 3.64. The molecule has 6 nitrogen and oxygen atoms in total. The van der Waals surface area contributed by atoms with Crippen molar-refractivity contribution in [2.45, 2.75) is 58.9 Å². The molecular formula is C27H38N2O4. The molecule has 0 aliphatic rings. The SMILES string of the molecule is CCCCCc1ccc(C(=O)NC(C(=O)NCCc2ccc(OC)c(OC)c2)C(C)C)cc1. The highest BCUT2D eigenvalue weighted by Gasteiger charge is 2.24. The second-order valence-corrected chi connectivity index (χ2v) is 8.58. The largest absolute Gasteiger partial charge is 0.493 e. The quantitative estimate of drug-likeness (QED) is 0.435. The van der Waals surface area contributed by atoms with E-state index in [1.165, 1.54) is 18.4 Å². The number of hydrogen-bond acceptors (Lipinski definition) is 4. The summed E-state index contributed by atoms with van der Waals surface area (Å²) in [5.41, 5.74) is 2.82. The monoisotopic (exact) mass is 454 g/mol. The van der Waals surface area contributed by atoms with E-state index in [0.29, 0.717) is 30.0 Å². The van der Waals surface area contributed by atoms with Crippen molar-refractivity contribution in [3.05, 3.63) is 59.2 Å². The van der Waals surface area contributed by atoms with Crippen LogP contribution in [0.1, 0.15) is 61.5 Å². The molecule has 0 saturated carbocycles. The molecule has 0 radical (unpaired) electrons. The van der Waals surface area contributed by atoms with Gasteiger partial charge in [0.15, 0.2) is 11.5 Å². The number of carbonyl (C=O) groups is 2. The summed E-state index contributed by atoms with van der Waals surface area (Å²) in [6.07, 6.45) is 5.21. The molecule has 0 saturated heterocycles. The number of methoxy groups -OCH3 is 2. The summed E-state index contributed by atoms with van der Waals surface area (Å²) in [4.78, 5) is 25.5. The van der Waals surface area contributed by atoms with E-state index >= 15 is 0 Å². The van der Waals surface area contributed by atoms with Crippen LogP contribution >= 0.6 is 0 Å². The fraction of sp³-hybridized carbons (Fsp3) is 0.481. The molecule has 1 atom stereocenters. The van der Waals surface area contributed by atoms with Gasteiger partial charge in [0.1, 0.15) is 6.04 Å². The van der Waals surface area contributed by atoms with Crippen LogP contribution in [0, 0.1) is 5.92 Å². The highest BCUT2D eigenvalue weighted by atomic mass is 16.5. The van der Waals surface area contributed by atoms with Crippen molar-refractivity contribution in [2.75, 3.05) is 20.8 Å². The first-order valence-corrected chi connectivity index (χ1v) is 11.8. The van der Waals surface area contributed by atoms with Crippen molar-refractivity contribution < 1.29 is 19.1 Å². The number of aryl methyl sites for hydroxylation is 1. The van der Waals surface area contributed by atoms with Crippen LogP contribution < -0.4 is 20.1 Å². The van der Waals surface area contributed by atoms with Crippen molar-refractivity contribution in [3.8, 4) is 11.5 Å². The number of ether oxygens (including phenoxy) is 2. The van der Waals surface area contributed by atoms with Gasteiger partial charge in [0.2, 0.25) is 5.91 Å². The van der Waals surface area contributed by atoms with Gasteiger partial charge in [0.05, 0.1) is 14.2 Å². The van der Waals surface area contributed by atoms with E-state index in [0.717, 1.165) is 18.4 Å². The molecule has 2 aromatic carbocycles. The van der Waals surface area contributed by atoms with Gasteiger partial charge >= 0.3 is 0 Å². The zero-order chi connectivity index (χ0) is 24.2. The molecule has 0 aliphatic heterocycles. The predicted molar refractivity (Wildman–Crippen MR) is 132 cm³/mol. The van der Waals surface area contributed by atoms with E-state index in [1.807, 2.05) is 56.3 Å². The Morgan fingerprint density at radius 1 is 0.879 bits per heavy atom. The summed E-state index contributed by atoms with van der Waals surface area (Å²) in [6, 6.07) is 12.8. The maximum absolute atomic E-state index is 12.8. The van der Waals surface area contributed by atoms with E-state index in [9.17, 15) is 9.59 Å². The van der Waals surface area contributed by atoms with Gasteiger partial charge in [-0.15, -0.1) is 0 Å². The Balaban J connectivity index is 1.91. The Kier molecular flexibility index (Phi) is 10.7. The molecule has 0 fully saturated rings. The fourth-order valence-electron chi connectivity index (χ4n) is 3.64. The van der Waals surface area contributed by atoms with E-state index in [2.05, 4.69) is 17.6 Å². The van der Waals surface area contributed by atoms with Crippen LogP contribution in [0.15, 0.2) is 42.5 Å². The first kappa shape index (κ1) is 26.2. The molecule has 2 N–H and O–H groups in total. The third kappa shape index (κ3) is 8.12. The zero-order valence-corrected chi connectivity index (χ0v) is 20.6. The molecule has 2 aromatic rings. The lowest BCUT2D eigenvalue weighted by Crippen LogP contribution is -2.50. The number of amides is 2. The number of nitrogens with one attached hydrogen (secondary N) is 2. The van der Waals surface area contributed by atoms with Crippen LogP contribution in [0.4, 0.5) is 0 Å². The molecule has 0 spiro atoms. The van der Waals surface area contributed by atoms with Crippen LogP contribution in [0.25, 0.3) is 0 Å². The predicted octanol–water partition coefficient (Wildman–Crippen LogP) is 4.55. The van der Waals surface area contributed by atoms with Gasteiger partial charge < -0.3 is 20.1 Å². The number of rotatable bonds is 13. The lowest BCUT2D eigenvalue weighted by molar-refractivity contribution is -0.123. The van der Waals surface area contributed by atoms with Crippen LogP contribution in [0.2, 0.25) is 0 Å². The smallest absolute Gasteiger partial charge is 0.251 e. The summed E-state index contributed by atoms with van der Waals surface area (Å²) in [5.74, 6) is 0.870. The molecule has 0 aliphatic carbocycles. The second-order valence-electron chi connectivity index (χ2n) is 8.58. The summed E-state index contributed by atoms with van der Waals surface area (Å²) in [6.45, 7) is 6.50. The van der Waals surface area contributed by atoms with Gasteiger partial charge in [-0.1, -0.05) is 51.8 Å². The molecule has 0 bridgehead atoms. The number of hydrogen-bond donors (Lipinski definition) is 2. The summed E-state index contributed by atoms with van der Waals surface area (Å²) < 4.78 is 10.6. The van der Waals surface area contributed by atoms with Crippen molar-refractivity contribution in [1.29, 1.82) is 0 Å².